The minimum atomic E-state index is -4.93. The van der Waals surface area contributed by atoms with Crippen LogP contribution in [-0.4, -0.2) is 20.3 Å². The zero-order chi connectivity index (χ0) is 26.3. The molecule has 0 aliphatic heterocycles. The zero-order valence-corrected chi connectivity index (χ0v) is 18.5. The van der Waals surface area contributed by atoms with E-state index >= 15 is 0 Å². The van der Waals surface area contributed by atoms with E-state index in [2.05, 4.69) is 15.3 Å². The van der Waals surface area contributed by atoms with Crippen LogP contribution < -0.4 is 5.32 Å². The maximum absolute atomic E-state index is 14.4. The number of fused-ring (bicyclic) bond motifs is 1. The van der Waals surface area contributed by atoms with Crippen molar-refractivity contribution < 1.29 is 31.1 Å². The fourth-order valence-electron chi connectivity index (χ4n) is 3.88. The summed E-state index contributed by atoms with van der Waals surface area (Å²) in [4.78, 5) is 20.5. The third kappa shape index (κ3) is 4.51. The van der Waals surface area contributed by atoms with E-state index in [0.717, 1.165) is 30.5 Å². The minimum absolute atomic E-state index is 0.0722. The van der Waals surface area contributed by atoms with Gasteiger partial charge in [0.25, 0.3) is 5.91 Å². The molecule has 0 fully saturated rings. The number of imidazole rings is 1. The number of benzene rings is 2. The molecule has 1 N–H and O–H groups in total. The molecule has 0 bridgehead atoms. The van der Waals surface area contributed by atoms with Crippen molar-refractivity contribution in [2.24, 2.45) is 0 Å². The van der Waals surface area contributed by atoms with Gasteiger partial charge in [0.1, 0.15) is 11.6 Å². The Kier molecular flexibility index (Phi) is 5.90. The van der Waals surface area contributed by atoms with Crippen LogP contribution in [0.5, 0.6) is 0 Å². The first-order chi connectivity index (χ1) is 17.6. The fraction of sp³-hybridized carbons (Fsp3) is 0.0385. The normalized spacial score (nSPS) is 11.6. The molecule has 37 heavy (non-hydrogen) atoms. The summed E-state index contributed by atoms with van der Waals surface area (Å²) in [5.74, 6) is -3.77. The van der Waals surface area contributed by atoms with Gasteiger partial charge in [-0.15, -0.1) is 0 Å². The number of rotatable bonds is 4. The van der Waals surface area contributed by atoms with E-state index in [4.69, 9.17) is 0 Å². The molecule has 11 heteroatoms. The third-order valence-corrected chi connectivity index (χ3v) is 5.58. The molecule has 5 aromatic rings. The lowest BCUT2D eigenvalue weighted by molar-refractivity contribution is -0.141. The van der Waals surface area contributed by atoms with Crippen LogP contribution >= 0.6 is 0 Å². The highest BCUT2D eigenvalue weighted by molar-refractivity contribution is 6.06. The summed E-state index contributed by atoms with van der Waals surface area (Å²) in [7, 11) is 0. The van der Waals surface area contributed by atoms with Crippen molar-refractivity contribution in [1.29, 1.82) is 0 Å². The predicted octanol–water partition coefficient (Wildman–Crippen LogP) is 6.75. The van der Waals surface area contributed by atoms with Gasteiger partial charge < -0.3 is 5.32 Å². The topological polar surface area (TPSA) is 59.3 Å². The number of nitrogens with zero attached hydrogens (tertiary/aromatic N) is 3. The van der Waals surface area contributed by atoms with Crippen LogP contribution in [0.15, 0.2) is 79.3 Å². The van der Waals surface area contributed by atoms with Gasteiger partial charge in [-0.1, -0.05) is 12.1 Å². The average Bonchev–Trinajstić information content (AvgIpc) is 3.30. The van der Waals surface area contributed by atoms with Crippen LogP contribution in [-0.2, 0) is 6.18 Å². The van der Waals surface area contributed by atoms with Gasteiger partial charge >= 0.3 is 6.18 Å². The number of carbonyl (C=O) groups excluding carboxylic acids is 1. The number of alkyl halides is 3. The van der Waals surface area contributed by atoms with Crippen LogP contribution in [0.4, 0.5) is 32.0 Å². The summed E-state index contributed by atoms with van der Waals surface area (Å²) in [6, 6.07) is 12.3. The van der Waals surface area contributed by atoms with Gasteiger partial charge in [-0.2, -0.15) is 13.2 Å². The van der Waals surface area contributed by atoms with Crippen LogP contribution in [0.1, 0.15) is 16.1 Å². The van der Waals surface area contributed by atoms with Crippen molar-refractivity contribution in [3.05, 3.63) is 108 Å². The molecular weight excluding hydrogens is 498 g/mol. The Labute approximate surface area is 205 Å². The van der Waals surface area contributed by atoms with E-state index in [-0.39, 0.29) is 22.6 Å². The van der Waals surface area contributed by atoms with E-state index in [0.29, 0.717) is 11.1 Å². The lowest BCUT2D eigenvalue weighted by atomic mass is 10.0. The van der Waals surface area contributed by atoms with E-state index in [1.807, 2.05) is 0 Å². The molecule has 5 nitrogen and oxygen atoms in total. The number of carbonyl (C=O) groups is 1. The molecule has 0 unspecified atom stereocenters. The largest absolute Gasteiger partial charge is 0.434 e. The molecule has 0 spiro atoms. The maximum atomic E-state index is 14.4. The van der Waals surface area contributed by atoms with Crippen LogP contribution in [0.25, 0.3) is 28.0 Å². The summed E-state index contributed by atoms with van der Waals surface area (Å²) >= 11 is 0. The lowest BCUT2D eigenvalue weighted by Crippen LogP contribution is -2.20. The molecule has 3 aromatic heterocycles. The number of aromatic nitrogens is 3. The molecular formula is C26H14F6N4O. The Morgan fingerprint density at radius 2 is 1.59 bits per heavy atom. The zero-order valence-electron chi connectivity index (χ0n) is 18.5. The molecule has 2 aromatic carbocycles. The number of anilines is 1. The van der Waals surface area contributed by atoms with E-state index in [1.165, 1.54) is 41.1 Å². The van der Waals surface area contributed by atoms with Crippen LogP contribution in [0.3, 0.4) is 0 Å². The smallest absolute Gasteiger partial charge is 0.322 e. The van der Waals surface area contributed by atoms with Gasteiger partial charge in [-0.3, -0.25) is 14.2 Å². The van der Waals surface area contributed by atoms with Crippen molar-refractivity contribution in [3.63, 3.8) is 0 Å². The quantitative estimate of drug-likeness (QED) is 0.271. The highest BCUT2D eigenvalue weighted by atomic mass is 19.4. The van der Waals surface area contributed by atoms with Gasteiger partial charge in [0.2, 0.25) is 0 Å². The van der Waals surface area contributed by atoms with Crippen LogP contribution in [0, 0.1) is 17.5 Å². The minimum Gasteiger partial charge on any atom is -0.322 e. The Morgan fingerprint density at radius 1 is 0.865 bits per heavy atom. The van der Waals surface area contributed by atoms with E-state index < -0.39 is 40.8 Å². The average molecular weight is 512 g/mol. The lowest BCUT2D eigenvalue weighted by Gasteiger charge is -2.14. The summed E-state index contributed by atoms with van der Waals surface area (Å²) in [5, 5.41) is 2.31. The number of pyridine rings is 2. The first-order valence-electron chi connectivity index (χ1n) is 10.7. The second-order valence-corrected chi connectivity index (χ2v) is 7.94. The monoisotopic (exact) mass is 512 g/mol. The Bertz CT molecular complexity index is 1640. The standard InChI is InChI=1S/C26H14F6N4O/c27-15-6-8-16(9-7-15)35-25(37)19-11-14(12-33-23(19)26(30,31)32)17-4-2-10-36-21(17)13-34-24(36)18-3-1-5-20(28)22(18)29/h1-13H,(H,35,37). The Hall–Kier alpha value is -4.67. The molecule has 186 valence electrons. The molecule has 0 saturated heterocycles. The van der Waals surface area contributed by atoms with Crippen LogP contribution in [0.2, 0.25) is 0 Å². The summed E-state index contributed by atoms with van der Waals surface area (Å²) in [6.45, 7) is 0. The van der Waals surface area contributed by atoms with Gasteiger partial charge in [0.15, 0.2) is 17.3 Å². The van der Waals surface area contributed by atoms with Crippen molar-refractivity contribution in [2.75, 3.05) is 5.32 Å². The van der Waals surface area contributed by atoms with Crippen molar-refractivity contribution in [1.82, 2.24) is 14.4 Å². The predicted molar refractivity (Wildman–Crippen MR) is 123 cm³/mol. The number of hydrogen-bond donors (Lipinski definition) is 1. The summed E-state index contributed by atoms with van der Waals surface area (Å²) in [5.41, 5.74) is -1.34. The number of amides is 1. The number of halogens is 6. The Balaban J connectivity index is 1.61. The molecule has 1 amide bonds. The third-order valence-electron chi connectivity index (χ3n) is 5.58. The molecule has 0 saturated carbocycles. The van der Waals surface area contributed by atoms with Gasteiger partial charge in [-0.05, 0) is 48.5 Å². The molecule has 0 aliphatic carbocycles. The first kappa shape index (κ1) is 24.0. The second kappa shape index (κ2) is 9.08. The number of nitrogens with one attached hydrogen (secondary N) is 1. The van der Waals surface area contributed by atoms with E-state index in [1.54, 1.807) is 12.1 Å². The molecule has 0 aliphatic rings. The Morgan fingerprint density at radius 3 is 2.32 bits per heavy atom. The summed E-state index contributed by atoms with van der Waals surface area (Å²) in [6.07, 6.45) is -1.09. The molecule has 0 radical (unpaired) electrons. The van der Waals surface area contributed by atoms with Gasteiger partial charge in [0.05, 0.1) is 22.8 Å². The highest BCUT2D eigenvalue weighted by Gasteiger charge is 2.37. The highest BCUT2D eigenvalue weighted by Crippen LogP contribution is 2.35. The van der Waals surface area contributed by atoms with Crippen molar-refractivity contribution >= 4 is 17.1 Å². The molecule has 0 atom stereocenters. The van der Waals surface area contributed by atoms with E-state index in [9.17, 15) is 31.1 Å². The van der Waals surface area contributed by atoms with Gasteiger partial charge in [0, 0.05) is 29.2 Å². The number of hydrogen-bond acceptors (Lipinski definition) is 3. The van der Waals surface area contributed by atoms with Crippen molar-refractivity contribution in [2.45, 2.75) is 6.18 Å². The maximum Gasteiger partial charge on any atom is 0.434 e. The van der Waals surface area contributed by atoms with Crippen molar-refractivity contribution in [3.8, 4) is 22.5 Å². The van der Waals surface area contributed by atoms with Gasteiger partial charge in [-0.25, -0.2) is 18.2 Å². The first-order valence-corrected chi connectivity index (χ1v) is 10.7. The molecule has 3 heterocycles. The second-order valence-electron chi connectivity index (χ2n) is 7.94. The molecule has 5 rings (SSSR count). The SMILES string of the molecule is O=C(Nc1ccc(F)cc1)c1cc(-c2cccn3c(-c4cccc(F)c4F)ncc23)cnc1C(F)(F)F. The fourth-order valence-corrected chi connectivity index (χ4v) is 3.88. The summed E-state index contributed by atoms with van der Waals surface area (Å²) < 4.78 is 83.8.